The minimum atomic E-state index is -3.24. The molecule has 1 saturated carbocycles. The van der Waals surface area contributed by atoms with Crippen LogP contribution in [0.15, 0.2) is 9.99 Å². The van der Waals surface area contributed by atoms with E-state index in [9.17, 15) is 8.42 Å². The molecule has 7 nitrogen and oxygen atoms in total. The predicted octanol–water partition coefficient (Wildman–Crippen LogP) is 1.75. The summed E-state index contributed by atoms with van der Waals surface area (Å²) < 4.78 is 36.0. The van der Waals surface area contributed by atoms with Gasteiger partial charge in [0.15, 0.2) is 0 Å². The lowest BCUT2D eigenvalue weighted by molar-refractivity contribution is -0.0173. The van der Waals surface area contributed by atoms with Crippen molar-refractivity contribution in [2.24, 2.45) is 0 Å². The summed E-state index contributed by atoms with van der Waals surface area (Å²) in [5.41, 5.74) is 2.42. The normalized spacial score (nSPS) is 23.9. The van der Waals surface area contributed by atoms with Crippen LogP contribution in [0.2, 0.25) is 0 Å². The van der Waals surface area contributed by atoms with Crippen molar-refractivity contribution in [2.45, 2.75) is 38.7 Å². The highest BCUT2D eigenvalue weighted by Crippen LogP contribution is 2.32. The van der Waals surface area contributed by atoms with Gasteiger partial charge < -0.3 is 9.15 Å². The van der Waals surface area contributed by atoms with Gasteiger partial charge in [-0.1, -0.05) is 5.57 Å². The van der Waals surface area contributed by atoms with Crippen molar-refractivity contribution in [1.29, 1.82) is 0 Å². The summed E-state index contributed by atoms with van der Waals surface area (Å²) in [5.74, 6) is 0.869. The van der Waals surface area contributed by atoms with Gasteiger partial charge in [0.05, 0.1) is 12.9 Å². The van der Waals surface area contributed by atoms with E-state index in [-0.39, 0.29) is 6.54 Å². The Morgan fingerprint density at radius 2 is 2.00 bits per heavy atom. The molecule has 122 valence electrons. The molecule has 0 bridgehead atoms. The van der Waals surface area contributed by atoms with Crippen LogP contribution < -0.4 is 0 Å². The second-order valence-electron chi connectivity index (χ2n) is 5.86. The SMILES string of the molecule is CC(=C1CCCC1)c1nnc([C@H]2CN(S(C)(=O)=O)CCO2)o1. The van der Waals surface area contributed by atoms with Gasteiger partial charge in [-0.2, -0.15) is 4.31 Å². The van der Waals surface area contributed by atoms with Crippen molar-refractivity contribution in [3.05, 3.63) is 17.4 Å². The molecule has 3 rings (SSSR count). The lowest BCUT2D eigenvalue weighted by Gasteiger charge is -2.29. The average Bonchev–Trinajstić information content (AvgIpc) is 3.17. The maximum Gasteiger partial charge on any atom is 0.246 e. The zero-order valence-corrected chi connectivity index (χ0v) is 13.7. The fourth-order valence-corrected chi connectivity index (χ4v) is 3.73. The van der Waals surface area contributed by atoms with Crippen LogP contribution in [-0.2, 0) is 14.8 Å². The van der Waals surface area contributed by atoms with Gasteiger partial charge in [0, 0.05) is 18.7 Å². The third-order valence-corrected chi connectivity index (χ3v) is 5.54. The number of allylic oxidation sites excluding steroid dienone is 2. The van der Waals surface area contributed by atoms with Gasteiger partial charge >= 0.3 is 0 Å². The van der Waals surface area contributed by atoms with Crippen molar-refractivity contribution >= 4 is 15.6 Å². The smallest absolute Gasteiger partial charge is 0.246 e. The van der Waals surface area contributed by atoms with Crippen LogP contribution in [0.4, 0.5) is 0 Å². The fourth-order valence-electron chi connectivity index (χ4n) is 2.92. The Labute approximate surface area is 130 Å². The molecule has 1 aromatic heterocycles. The predicted molar refractivity (Wildman–Crippen MR) is 80.5 cm³/mol. The number of hydrogen-bond donors (Lipinski definition) is 0. The number of nitrogens with zero attached hydrogens (tertiary/aromatic N) is 3. The van der Waals surface area contributed by atoms with E-state index < -0.39 is 16.1 Å². The number of hydrogen-bond acceptors (Lipinski definition) is 6. The third kappa shape index (κ3) is 3.23. The minimum Gasteiger partial charge on any atom is -0.418 e. The molecule has 2 fully saturated rings. The number of sulfonamides is 1. The molecular weight excluding hydrogens is 306 g/mol. The first-order valence-electron chi connectivity index (χ1n) is 7.54. The summed E-state index contributed by atoms with van der Waals surface area (Å²) in [5, 5.41) is 8.15. The lowest BCUT2D eigenvalue weighted by atomic mass is 10.1. The summed E-state index contributed by atoms with van der Waals surface area (Å²) in [7, 11) is -3.24. The van der Waals surface area contributed by atoms with Gasteiger partial charge in [-0.15, -0.1) is 10.2 Å². The molecule has 0 N–H and O–H groups in total. The van der Waals surface area contributed by atoms with Gasteiger partial charge in [0.25, 0.3) is 0 Å². The van der Waals surface area contributed by atoms with E-state index in [1.807, 2.05) is 6.92 Å². The lowest BCUT2D eigenvalue weighted by Crippen LogP contribution is -2.41. The molecule has 1 aromatic rings. The van der Waals surface area contributed by atoms with Crippen LogP contribution >= 0.6 is 0 Å². The zero-order chi connectivity index (χ0) is 15.7. The Morgan fingerprint density at radius 3 is 2.68 bits per heavy atom. The van der Waals surface area contributed by atoms with E-state index in [2.05, 4.69) is 10.2 Å². The van der Waals surface area contributed by atoms with Crippen LogP contribution in [0.5, 0.6) is 0 Å². The first-order valence-corrected chi connectivity index (χ1v) is 9.39. The largest absolute Gasteiger partial charge is 0.418 e. The molecule has 2 heterocycles. The Balaban J connectivity index is 1.77. The second-order valence-corrected chi connectivity index (χ2v) is 7.84. The Bertz CT molecular complexity index is 672. The topological polar surface area (TPSA) is 85.5 Å². The molecule has 1 atom stereocenters. The van der Waals surface area contributed by atoms with E-state index in [0.717, 1.165) is 18.4 Å². The van der Waals surface area contributed by atoms with E-state index in [0.29, 0.717) is 24.9 Å². The fraction of sp³-hybridized carbons (Fsp3) is 0.714. The monoisotopic (exact) mass is 327 g/mol. The summed E-state index contributed by atoms with van der Waals surface area (Å²) in [6.45, 7) is 2.91. The van der Waals surface area contributed by atoms with Crippen molar-refractivity contribution in [1.82, 2.24) is 14.5 Å². The van der Waals surface area contributed by atoms with Gasteiger partial charge in [0.1, 0.15) is 6.10 Å². The van der Waals surface area contributed by atoms with Crippen molar-refractivity contribution in [2.75, 3.05) is 26.0 Å². The van der Waals surface area contributed by atoms with E-state index in [1.165, 1.54) is 29.0 Å². The van der Waals surface area contributed by atoms with Gasteiger partial charge in [-0.05, 0) is 32.6 Å². The molecule has 1 aliphatic carbocycles. The average molecular weight is 327 g/mol. The second kappa shape index (κ2) is 6.10. The molecule has 0 unspecified atom stereocenters. The van der Waals surface area contributed by atoms with Crippen LogP contribution in [0.25, 0.3) is 5.57 Å². The number of aromatic nitrogens is 2. The number of morpholine rings is 1. The first-order chi connectivity index (χ1) is 10.4. The summed E-state index contributed by atoms with van der Waals surface area (Å²) >= 11 is 0. The number of ether oxygens (including phenoxy) is 1. The van der Waals surface area contributed by atoms with Crippen molar-refractivity contribution in [3.8, 4) is 0 Å². The Morgan fingerprint density at radius 1 is 1.27 bits per heavy atom. The molecule has 1 saturated heterocycles. The maximum atomic E-state index is 11.6. The highest BCUT2D eigenvalue weighted by molar-refractivity contribution is 7.88. The minimum absolute atomic E-state index is 0.218. The first kappa shape index (κ1) is 15.6. The molecule has 0 radical (unpaired) electrons. The van der Waals surface area contributed by atoms with Crippen molar-refractivity contribution in [3.63, 3.8) is 0 Å². The van der Waals surface area contributed by atoms with Gasteiger partial charge in [-0.25, -0.2) is 8.42 Å². The van der Waals surface area contributed by atoms with Crippen LogP contribution in [0.3, 0.4) is 0 Å². The molecule has 8 heteroatoms. The quantitative estimate of drug-likeness (QED) is 0.841. The molecule has 0 aromatic carbocycles. The summed E-state index contributed by atoms with van der Waals surface area (Å²) in [4.78, 5) is 0. The molecule has 2 aliphatic rings. The molecule has 0 amide bonds. The standard InChI is InChI=1S/C14H21N3O4S/c1-10(11-5-3-4-6-11)13-15-16-14(21-13)12-9-17(7-8-20-12)22(2,18)19/h12H,3-9H2,1-2H3/t12-/m1/s1. The third-order valence-electron chi connectivity index (χ3n) is 4.27. The highest BCUT2D eigenvalue weighted by Gasteiger charge is 2.31. The molecular formula is C14H21N3O4S. The molecule has 1 aliphatic heterocycles. The maximum absolute atomic E-state index is 11.6. The Kier molecular flexibility index (Phi) is 4.33. The van der Waals surface area contributed by atoms with E-state index in [4.69, 9.17) is 9.15 Å². The molecule has 0 spiro atoms. The van der Waals surface area contributed by atoms with Crippen LogP contribution in [-0.4, -0.2) is 48.9 Å². The Hall–Kier alpha value is -1.25. The van der Waals surface area contributed by atoms with Gasteiger partial charge in [-0.3, -0.25) is 0 Å². The van der Waals surface area contributed by atoms with E-state index in [1.54, 1.807) is 0 Å². The van der Waals surface area contributed by atoms with Crippen LogP contribution in [0, 0.1) is 0 Å². The van der Waals surface area contributed by atoms with Crippen molar-refractivity contribution < 1.29 is 17.6 Å². The zero-order valence-electron chi connectivity index (χ0n) is 12.9. The van der Waals surface area contributed by atoms with Gasteiger partial charge in [0.2, 0.25) is 21.8 Å². The molecule has 22 heavy (non-hydrogen) atoms. The van der Waals surface area contributed by atoms with E-state index >= 15 is 0 Å². The van der Waals surface area contributed by atoms with Crippen LogP contribution in [0.1, 0.15) is 50.5 Å². The summed E-state index contributed by atoms with van der Waals surface area (Å²) in [6.07, 6.45) is 5.30. The number of rotatable bonds is 3. The summed E-state index contributed by atoms with van der Waals surface area (Å²) in [6, 6.07) is 0. The highest BCUT2D eigenvalue weighted by atomic mass is 32.2.